The molecule has 6 nitrogen and oxygen atoms in total. The Morgan fingerprint density at radius 2 is 2.15 bits per heavy atom. The molecule has 3 rings (SSSR count). The summed E-state index contributed by atoms with van der Waals surface area (Å²) in [6.45, 7) is 7.93. The highest BCUT2D eigenvalue weighted by molar-refractivity contribution is 7.09. The fourth-order valence-electron chi connectivity index (χ4n) is 2.90. The van der Waals surface area contributed by atoms with E-state index in [2.05, 4.69) is 10.3 Å². The zero-order chi connectivity index (χ0) is 19.6. The van der Waals surface area contributed by atoms with Crippen molar-refractivity contribution in [2.75, 3.05) is 6.61 Å². The van der Waals surface area contributed by atoms with Crippen molar-refractivity contribution in [1.82, 2.24) is 10.3 Å². The monoisotopic (exact) mass is 388 g/mol. The number of amides is 1. The molecule has 2 heterocycles. The van der Waals surface area contributed by atoms with Gasteiger partial charge in [0.2, 0.25) is 0 Å². The van der Waals surface area contributed by atoms with Crippen LogP contribution in [0.15, 0.2) is 28.1 Å². The summed E-state index contributed by atoms with van der Waals surface area (Å²) >= 11 is 1.56. The largest absolute Gasteiger partial charge is 0.488 e. The van der Waals surface area contributed by atoms with E-state index in [1.54, 1.807) is 23.8 Å². The average Bonchev–Trinajstić information content (AvgIpc) is 3.13. The maximum atomic E-state index is 12.8. The van der Waals surface area contributed by atoms with Gasteiger partial charge in [0.1, 0.15) is 23.7 Å². The van der Waals surface area contributed by atoms with Crippen LogP contribution in [0, 0.1) is 13.8 Å². The number of carbonyl (C=O) groups excluding carboxylic acids is 1. The second-order valence-electron chi connectivity index (χ2n) is 7.15. The molecule has 0 aliphatic carbocycles. The van der Waals surface area contributed by atoms with Crippen molar-refractivity contribution in [3.05, 3.63) is 45.6 Å². The Morgan fingerprint density at radius 1 is 1.37 bits per heavy atom. The van der Waals surface area contributed by atoms with Gasteiger partial charge in [-0.3, -0.25) is 4.79 Å². The predicted octanol–water partition coefficient (Wildman–Crippen LogP) is 3.98. The maximum Gasteiger partial charge on any atom is 0.255 e. The highest BCUT2D eigenvalue weighted by Gasteiger charge is 2.25. The van der Waals surface area contributed by atoms with Gasteiger partial charge in [-0.2, -0.15) is 0 Å². The van der Waals surface area contributed by atoms with Crippen molar-refractivity contribution >= 4 is 28.2 Å². The van der Waals surface area contributed by atoms with Gasteiger partial charge < -0.3 is 19.6 Å². The third-order valence-corrected chi connectivity index (χ3v) is 5.37. The second kappa shape index (κ2) is 7.70. The molecule has 0 unspecified atom stereocenters. The number of furan rings is 1. The Labute approximate surface area is 162 Å². The molecule has 0 fully saturated rings. The molecule has 3 aromatic rings. The first kappa shape index (κ1) is 19.4. The van der Waals surface area contributed by atoms with Crippen molar-refractivity contribution < 1.29 is 19.1 Å². The van der Waals surface area contributed by atoms with Crippen molar-refractivity contribution in [2.24, 2.45) is 0 Å². The summed E-state index contributed by atoms with van der Waals surface area (Å²) in [5.74, 6) is 0.998. The molecule has 0 saturated carbocycles. The van der Waals surface area contributed by atoms with Crippen LogP contribution in [0.2, 0.25) is 0 Å². The summed E-state index contributed by atoms with van der Waals surface area (Å²) in [5.41, 5.74) is 3.38. The lowest BCUT2D eigenvalue weighted by atomic mass is 10.00. The van der Waals surface area contributed by atoms with E-state index in [0.717, 1.165) is 10.6 Å². The van der Waals surface area contributed by atoms with Crippen LogP contribution in [0.3, 0.4) is 0 Å². The van der Waals surface area contributed by atoms with E-state index in [9.17, 15) is 9.90 Å². The number of carbonyl (C=O) groups is 1. The lowest BCUT2D eigenvalue weighted by Crippen LogP contribution is -2.44. The first-order chi connectivity index (χ1) is 12.8. The number of fused-ring (bicyclic) bond motifs is 1. The molecule has 0 radical (unpaired) electrons. The fraction of sp³-hybridized carbons (Fsp3) is 0.400. The molecular formula is C20H24N2O4S. The Hall–Kier alpha value is -2.38. The minimum absolute atomic E-state index is 0.00732. The predicted molar refractivity (Wildman–Crippen MR) is 105 cm³/mol. The summed E-state index contributed by atoms with van der Waals surface area (Å²) in [4.78, 5) is 18.1. The molecule has 0 spiro atoms. The van der Waals surface area contributed by atoms with E-state index >= 15 is 0 Å². The van der Waals surface area contributed by atoms with Crippen molar-refractivity contribution in [3.8, 4) is 5.75 Å². The first-order valence-electron chi connectivity index (χ1n) is 8.79. The Morgan fingerprint density at radius 3 is 2.81 bits per heavy atom. The highest BCUT2D eigenvalue weighted by atomic mass is 32.1. The zero-order valence-electron chi connectivity index (χ0n) is 16.0. The lowest BCUT2D eigenvalue weighted by Gasteiger charge is -2.25. The van der Waals surface area contributed by atoms with Crippen molar-refractivity contribution in [1.29, 1.82) is 0 Å². The molecule has 144 valence electrons. The number of thiazole rings is 1. The van der Waals surface area contributed by atoms with Gasteiger partial charge in [-0.05, 0) is 52.3 Å². The quantitative estimate of drug-likeness (QED) is 0.640. The smallest absolute Gasteiger partial charge is 0.255 e. The summed E-state index contributed by atoms with van der Waals surface area (Å²) < 4.78 is 11.6. The Bertz CT molecular complexity index is 958. The summed E-state index contributed by atoms with van der Waals surface area (Å²) in [7, 11) is 0. The topological polar surface area (TPSA) is 84.6 Å². The fourth-order valence-corrected chi connectivity index (χ4v) is 3.58. The van der Waals surface area contributed by atoms with Gasteiger partial charge in [-0.25, -0.2) is 4.98 Å². The van der Waals surface area contributed by atoms with E-state index in [1.165, 1.54) is 0 Å². The van der Waals surface area contributed by atoms with Crippen LogP contribution in [0.25, 0.3) is 11.0 Å². The van der Waals surface area contributed by atoms with Crippen molar-refractivity contribution in [3.63, 3.8) is 0 Å². The number of hydrogen-bond acceptors (Lipinski definition) is 6. The van der Waals surface area contributed by atoms with Gasteiger partial charge in [0.05, 0.1) is 21.6 Å². The molecular weight excluding hydrogens is 364 g/mol. The van der Waals surface area contributed by atoms with E-state index in [1.807, 2.05) is 39.0 Å². The standard InChI is InChI=1S/C20H24N2O4S/c1-12-17(27-11-21-12)10-25-14-5-6-16-15(9-14)18(13(2)26-16)19(24)22-20(3,4)7-8-23/h5-6,9,11,23H,7-8,10H2,1-4H3,(H,22,24). The maximum absolute atomic E-state index is 12.8. The van der Waals surface area contributed by atoms with Gasteiger partial charge in [0.15, 0.2) is 0 Å². The van der Waals surface area contributed by atoms with Gasteiger partial charge >= 0.3 is 0 Å². The van der Waals surface area contributed by atoms with Gasteiger partial charge in [0, 0.05) is 17.5 Å². The first-order valence-corrected chi connectivity index (χ1v) is 9.67. The molecule has 0 aliphatic heterocycles. The van der Waals surface area contributed by atoms with Gasteiger partial charge in [0.25, 0.3) is 5.91 Å². The van der Waals surface area contributed by atoms with Crippen molar-refractivity contribution in [2.45, 2.75) is 46.3 Å². The minimum atomic E-state index is -0.514. The molecule has 0 bridgehead atoms. The SMILES string of the molecule is Cc1ncsc1COc1ccc2oc(C)c(C(=O)NC(C)(C)CCO)c2c1. The number of aromatic nitrogens is 1. The highest BCUT2D eigenvalue weighted by Crippen LogP contribution is 2.30. The summed E-state index contributed by atoms with van der Waals surface area (Å²) in [6, 6.07) is 5.47. The van der Waals surface area contributed by atoms with Gasteiger partial charge in [-0.1, -0.05) is 0 Å². The summed E-state index contributed by atoms with van der Waals surface area (Å²) in [5, 5.41) is 12.9. The molecule has 27 heavy (non-hydrogen) atoms. The third kappa shape index (κ3) is 4.31. The molecule has 0 atom stereocenters. The van der Waals surface area contributed by atoms with Crippen LogP contribution >= 0.6 is 11.3 Å². The number of nitrogens with one attached hydrogen (secondary N) is 1. The average molecular weight is 388 g/mol. The second-order valence-corrected chi connectivity index (χ2v) is 8.09. The van der Waals surface area contributed by atoms with Crippen LogP contribution in [-0.4, -0.2) is 28.1 Å². The third-order valence-electron chi connectivity index (χ3n) is 4.47. The van der Waals surface area contributed by atoms with E-state index in [4.69, 9.17) is 9.15 Å². The van der Waals surface area contributed by atoms with E-state index < -0.39 is 5.54 Å². The molecule has 1 amide bonds. The van der Waals surface area contributed by atoms with Crippen LogP contribution in [-0.2, 0) is 6.61 Å². The van der Waals surface area contributed by atoms with Crippen LogP contribution in [0.4, 0.5) is 0 Å². The number of aliphatic hydroxyl groups is 1. The van der Waals surface area contributed by atoms with E-state index in [-0.39, 0.29) is 12.5 Å². The Balaban J connectivity index is 1.86. The number of benzene rings is 1. The number of ether oxygens (including phenoxy) is 1. The van der Waals surface area contributed by atoms with Crippen LogP contribution < -0.4 is 10.1 Å². The molecule has 7 heteroatoms. The lowest BCUT2D eigenvalue weighted by molar-refractivity contribution is 0.0899. The zero-order valence-corrected chi connectivity index (χ0v) is 16.8. The molecule has 2 aromatic heterocycles. The number of aliphatic hydroxyl groups excluding tert-OH is 1. The number of hydrogen-bond donors (Lipinski definition) is 2. The number of nitrogens with zero attached hydrogens (tertiary/aromatic N) is 1. The molecule has 0 aliphatic rings. The van der Waals surface area contributed by atoms with E-state index in [0.29, 0.717) is 41.1 Å². The minimum Gasteiger partial charge on any atom is -0.488 e. The Kier molecular flexibility index (Phi) is 5.53. The van der Waals surface area contributed by atoms with Crippen LogP contribution in [0.1, 0.15) is 47.0 Å². The molecule has 0 saturated heterocycles. The van der Waals surface area contributed by atoms with Crippen LogP contribution in [0.5, 0.6) is 5.75 Å². The molecule has 1 aromatic carbocycles. The number of rotatable bonds is 7. The molecule has 2 N–H and O–H groups in total. The summed E-state index contributed by atoms with van der Waals surface area (Å²) in [6.07, 6.45) is 0.468. The van der Waals surface area contributed by atoms with Gasteiger partial charge in [-0.15, -0.1) is 11.3 Å². The normalized spacial score (nSPS) is 11.7. The number of aryl methyl sites for hydroxylation is 2.